The molecule has 3 fully saturated rings. The first kappa shape index (κ1) is 19.9. The molecule has 2 saturated carbocycles. The van der Waals surface area contributed by atoms with Crippen LogP contribution in [0.15, 0.2) is 12.4 Å². The van der Waals surface area contributed by atoms with Gasteiger partial charge in [-0.1, -0.05) is 12.8 Å². The maximum Gasteiger partial charge on any atom is 0.325 e. The molecule has 2 heterocycles. The van der Waals surface area contributed by atoms with Crippen molar-refractivity contribution < 1.29 is 19.5 Å². The lowest BCUT2D eigenvalue weighted by Gasteiger charge is -2.22. The van der Waals surface area contributed by atoms with Crippen molar-refractivity contribution in [2.75, 3.05) is 6.54 Å². The minimum absolute atomic E-state index is 0.0867. The Bertz CT molecular complexity index is 801. The maximum atomic E-state index is 12.6. The van der Waals surface area contributed by atoms with Crippen molar-refractivity contribution in [1.29, 1.82) is 0 Å². The number of amides is 4. The van der Waals surface area contributed by atoms with Gasteiger partial charge in [0.2, 0.25) is 5.91 Å². The van der Waals surface area contributed by atoms with E-state index in [0.29, 0.717) is 25.7 Å². The van der Waals surface area contributed by atoms with E-state index >= 15 is 0 Å². The van der Waals surface area contributed by atoms with Gasteiger partial charge < -0.3 is 20.3 Å². The van der Waals surface area contributed by atoms with Crippen molar-refractivity contribution >= 4 is 17.8 Å². The number of aliphatic hydroxyl groups is 1. The van der Waals surface area contributed by atoms with E-state index in [1.54, 1.807) is 6.20 Å². The zero-order valence-electron chi connectivity index (χ0n) is 16.8. The predicted octanol–water partition coefficient (Wildman–Crippen LogP) is 1.02. The monoisotopic (exact) mass is 403 g/mol. The molecule has 0 aromatic carbocycles. The predicted molar refractivity (Wildman–Crippen MR) is 104 cm³/mol. The van der Waals surface area contributed by atoms with Crippen LogP contribution in [0.1, 0.15) is 63.2 Å². The second kappa shape index (κ2) is 7.78. The average molecular weight is 403 g/mol. The smallest absolute Gasteiger partial charge is 0.325 e. The topological polar surface area (TPSA) is 117 Å². The number of hydrogen-bond acceptors (Lipinski definition) is 5. The number of aliphatic hydroxyl groups excluding tert-OH is 1. The first-order valence-corrected chi connectivity index (χ1v) is 10.5. The summed E-state index contributed by atoms with van der Waals surface area (Å²) in [5.74, 6) is 0.527. The second-order valence-electron chi connectivity index (χ2n) is 8.47. The van der Waals surface area contributed by atoms with Gasteiger partial charge in [0.05, 0.1) is 18.2 Å². The molecule has 3 atom stereocenters. The van der Waals surface area contributed by atoms with Crippen molar-refractivity contribution in [1.82, 2.24) is 25.1 Å². The van der Waals surface area contributed by atoms with E-state index in [-0.39, 0.29) is 42.9 Å². The SMILES string of the molecule is Cc1nccn1[C@@H]1CC[C@@H](NC(=O)CCCN2C(=O)NC3(CCCC3)C2=O)[C@H]1O. The number of hydrogen-bond donors (Lipinski definition) is 3. The fourth-order valence-corrected chi connectivity index (χ4v) is 5.03. The standard InChI is InChI=1S/C20H29N5O4/c1-13-21-10-12-24(13)15-7-6-14(17(15)27)22-16(26)5-4-11-25-18(28)20(23-19(25)29)8-2-3-9-20/h10,12,14-15,17,27H,2-9,11H2,1H3,(H,22,26)(H,23,29)/t14-,15-,17-/m1/s1. The number of carbonyl (C=O) groups excluding carboxylic acids is 3. The van der Waals surface area contributed by atoms with Crippen LogP contribution >= 0.6 is 0 Å². The van der Waals surface area contributed by atoms with Crippen LogP contribution in [-0.4, -0.2) is 61.6 Å². The van der Waals surface area contributed by atoms with E-state index in [9.17, 15) is 19.5 Å². The number of aromatic nitrogens is 2. The van der Waals surface area contributed by atoms with E-state index < -0.39 is 11.6 Å². The van der Waals surface area contributed by atoms with Crippen LogP contribution in [0, 0.1) is 6.92 Å². The van der Waals surface area contributed by atoms with Crippen LogP contribution in [0.25, 0.3) is 0 Å². The third-order valence-corrected chi connectivity index (χ3v) is 6.63. The Kier molecular flexibility index (Phi) is 5.33. The van der Waals surface area contributed by atoms with Gasteiger partial charge in [-0.25, -0.2) is 9.78 Å². The van der Waals surface area contributed by atoms with Gasteiger partial charge in [-0.15, -0.1) is 0 Å². The third kappa shape index (κ3) is 3.63. The van der Waals surface area contributed by atoms with Gasteiger partial charge in [-0.05, 0) is 39.0 Å². The van der Waals surface area contributed by atoms with Gasteiger partial charge >= 0.3 is 6.03 Å². The second-order valence-corrected chi connectivity index (χ2v) is 8.47. The van der Waals surface area contributed by atoms with Crippen LogP contribution in [0.2, 0.25) is 0 Å². The number of rotatable bonds is 6. The van der Waals surface area contributed by atoms with E-state index in [1.165, 1.54) is 4.90 Å². The first-order chi connectivity index (χ1) is 13.9. The molecule has 1 aromatic heterocycles. The zero-order valence-corrected chi connectivity index (χ0v) is 16.8. The number of urea groups is 1. The van der Waals surface area contributed by atoms with Crippen molar-refractivity contribution in [2.24, 2.45) is 0 Å². The highest BCUT2D eigenvalue weighted by Gasteiger charge is 2.52. The minimum atomic E-state index is -0.701. The summed E-state index contributed by atoms with van der Waals surface area (Å²) in [5, 5.41) is 16.4. The molecular weight excluding hydrogens is 374 g/mol. The number of imidazole rings is 1. The normalized spacial score (nSPS) is 28.3. The molecule has 9 heteroatoms. The maximum absolute atomic E-state index is 12.6. The lowest BCUT2D eigenvalue weighted by atomic mass is 9.98. The Hall–Kier alpha value is -2.42. The molecule has 1 aliphatic heterocycles. The Balaban J connectivity index is 1.24. The Morgan fingerprint density at radius 2 is 2.10 bits per heavy atom. The summed E-state index contributed by atoms with van der Waals surface area (Å²) >= 11 is 0. The Labute approximate surface area is 169 Å². The summed E-state index contributed by atoms with van der Waals surface area (Å²) in [5.41, 5.74) is -0.701. The molecule has 9 nitrogen and oxygen atoms in total. The molecule has 0 bridgehead atoms. The molecule has 1 saturated heterocycles. The first-order valence-electron chi connectivity index (χ1n) is 10.5. The fourth-order valence-electron chi connectivity index (χ4n) is 5.03. The summed E-state index contributed by atoms with van der Waals surface area (Å²) in [6, 6.07) is -0.730. The number of nitrogens with zero attached hydrogens (tertiary/aromatic N) is 3. The van der Waals surface area contributed by atoms with Gasteiger partial charge in [0.15, 0.2) is 0 Å². The molecule has 3 N–H and O–H groups in total. The molecule has 3 aliphatic rings. The van der Waals surface area contributed by atoms with Crippen molar-refractivity contribution in [3.63, 3.8) is 0 Å². The molecule has 0 radical (unpaired) electrons. The molecule has 1 aromatic rings. The summed E-state index contributed by atoms with van der Waals surface area (Å²) in [7, 11) is 0. The molecule has 29 heavy (non-hydrogen) atoms. The number of aryl methyl sites for hydroxylation is 1. The summed E-state index contributed by atoms with van der Waals surface area (Å²) in [6.45, 7) is 2.13. The molecule has 158 valence electrons. The number of nitrogens with one attached hydrogen (secondary N) is 2. The largest absolute Gasteiger partial charge is 0.389 e. The van der Waals surface area contributed by atoms with E-state index in [2.05, 4.69) is 15.6 Å². The number of imide groups is 1. The summed E-state index contributed by atoms with van der Waals surface area (Å²) < 4.78 is 1.95. The molecule has 2 aliphatic carbocycles. The minimum Gasteiger partial charge on any atom is -0.389 e. The van der Waals surface area contributed by atoms with Crippen molar-refractivity contribution in [2.45, 2.75) is 82.0 Å². The summed E-state index contributed by atoms with van der Waals surface area (Å²) in [4.78, 5) is 42.6. The van der Waals surface area contributed by atoms with Gasteiger partial charge in [0.25, 0.3) is 5.91 Å². The lowest BCUT2D eigenvalue weighted by molar-refractivity contribution is -0.131. The highest BCUT2D eigenvalue weighted by Crippen LogP contribution is 2.35. The molecule has 4 amide bonds. The van der Waals surface area contributed by atoms with E-state index in [1.807, 2.05) is 17.7 Å². The van der Waals surface area contributed by atoms with Gasteiger partial charge in [-0.2, -0.15) is 0 Å². The molecule has 1 spiro atoms. The fraction of sp³-hybridized carbons (Fsp3) is 0.700. The van der Waals surface area contributed by atoms with Crippen molar-refractivity contribution in [3.05, 3.63) is 18.2 Å². The van der Waals surface area contributed by atoms with Gasteiger partial charge in [-0.3, -0.25) is 14.5 Å². The average Bonchev–Trinajstić information content (AvgIpc) is 3.44. The van der Waals surface area contributed by atoms with Crippen LogP contribution < -0.4 is 10.6 Å². The zero-order chi connectivity index (χ0) is 20.6. The van der Waals surface area contributed by atoms with Crippen LogP contribution in [0.5, 0.6) is 0 Å². The highest BCUT2D eigenvalue weighted by molar-refractivity contribution is 6.07. The highest BCUT2D eigenvalue weighted by atomic mass is 16.3. The third-order valence-electron chi connectivity index (χ3n) is 6.63. The molecular formula is C20H29N5O4. The van der Waals surface area contributed by atoms with Gasteiger partial charge in [0.1, 0.15) is 11.4 Å². The van der Waals surface area contributed by atoms with E-state index in [4.69, 9.17) is 0 Å². The van der Waals surface area contributed by atoms with E-state index in [0.717, 1.165) is 25.1 Å². The van der Waals surface area contributed by atoms with Crippen LogP contribution in [-0.2, 0) is 9.59 Å². The van der Waals surface area contributed by atoms with Crippen LogP contribution in [0.3, 0.4) is 0 Å². The summed E-state index contributed by atoms with van der Waals surface area (Å²) in [6.07, 6.45) is 8.28. The number of carbonyl (C=O) groups is 3. The van der Waals surface area contributed by atoms with Crippen LogP contribution in [0.4, 0.5) is 4.79 Å². The molecule has 4 rings (SSSR count). The molecule has 0 unspecified atom stereocenters. The van der Waals surface area contributed by atoms with Crippen molar-refractivity contribution in [3.8, 4) is 0 Å². The Morgan fingerprint density at radius 1 is 1.34 bits per heavy atom. The lowest BCUT2D eigenvalue weighted by Crippen LogP contribution is -2.44. The van der Waals surface area contributed by atoms with Gasteiger partial charge in [0, 0.05) is 25.4 Å². The Morgan fingerprint density at radius 3 is 2.79 bits per heavy atom. The quantitative estimate of drug-likeness (QED) is 0.613.